The van der Waals surface area contributed by atoms with Crippen molar-refractivity contribution in [1.29, 1.82) is 0 Å². The van der Waals surface area contributed by atoms with Crippen LogP contribution in [0.2, 0.25) is 0 Å². The lowest BCUT2D eigenvalue weighted by molar-refractivity contribution is 0.407. The van der Waals surface area contributed by atoms with Gasteiger partial charge in [0.05, 0.1) is 0 Å². The summed E-state index contributed by atoms with van der Waals surface area (Å²) in [6.07, 6.45) is 2.89. The first-order valence-corrected chi connectivity index (χ1v) is 3.27. The van der Waals surface area contributed by atoms with Crippen molar-refractivity contribution >= 4 is 6.02 Å². The highest BCUT2D eigenvalue weighted by Crippen LogP contribution is 1.95. The molecule has 0 heterocycles. The molecule has 0 amide bonds. The van der Waals surface area contributed by atoms with E-state index in [2.05, 4.69) is 4.99 Å². The van der Waals surface area contributed by atoms with Crippen molar-refractivity contribution in [3.05, 3.63) is 11.8 Å². The van der Waals surface area contributed by atoms with Crippen molar-refractivity contribution in [2.75, 3.05) is 7.05 Å². The Hall–Kier alpha value is -0.990. The van der Waals surface area contributed by atoms with Crippen molar-refractivity contribution < 1.29 is 4.74 Å². The number of aliphatic imine (C=N–C) groups is 1. The largest absolute Gasteiger partial charge is 0.431 e. The lowest BCUT2D eigenvalue weighted by atomic mass is 10.4. The lowest BCUT2D eigenvalue weighted by Crippen LogP contribution is -2.14. The first kappa shape index (κ1) is 9.01. The lowest BCUT2D eigenvalue weighted by Gasteiger charge is -2.01. The van der Waals surface area contributed by atoms with Gasteiger partial charge in [0.2, 0.25) is 0 Å². The molecule has 0 fully saturated rings. The second-order valence-electron chi connectivity index (χ2n) is 1.89. The summed E-state index contributed by atoms with van der Waals surface area (Å²) < 4.78 is 5.03. The van der Waals surface area contributed by atoms with Gasteiger partial charge in [-0.25, -0.2) is 4.99 Å². The smallest absolute Gasteiger partial charge is 0.286 e. The molecule has 0 saturated heterocycles. The van der Waals surface area contributed by atoms with Gasteiger partial charge in [-0.2, -0.15) is 0 Å². The molecule has 58 valence electrons. The van der Waals surface area contributed by atoms with Crippen molar-refractivity contribution in [2.45, 2.75) is 20.3 Å². The number of hydrogen-bond donors (Lipinski definition) is 1. The maximum absolute atomic E-state index is 5.29. The molecular weight excluding hydrogens is 128 g/mol. The van der Waals surface area contributed by atoms with Crippen LogP contribution in [0.25, 0.3) is 0 Å². The minimum atomic E-state index is 0.210. The van der Waals surface area contributed by atoms with Gasteiger partial charge in [-0.15, -0.1) is 0 Å². The molecule has 0 saturated carbocycles. The molecule has 3 heteroatoms. The van der Waals surface area contributed by atoms with Crippen molar-refractivity contribution in [1.82, 2.24) is 0 Å². The molecule has 0 atom stereocenters. The minimum Gasteiger partial charge on any atom is -0.431 e. The van der Waals surface area contributed by atoms with Gasteiger partial charge in [0.25, 0.3) is 6.02 Å². The van der Waals surface area contributed by atoms with Crippen LogP contribution in [0.1, 0.15) is 20.3 Å². The molecule has 0 bridgehead atoms. The quantitative estimate of drug-likeness (QED) is 0.358. The number of ether oxygens (including phenoxy) is 1. The maximum Gasteiger partial charge on any atom is 0.286 e. The minimum absolute atomic E-state index is 0.210. The van der Waals surface area contributed by atoms with E-state index in [1.807, 2.05) is 19.9 Å². The van der Waals surface area contributed by atoms with Gasteiger partial charge in [-0.05, 0) is 19.4 Å². The molecule has 2 N–H and O–H groups in total. The topological polar surface area (TPSA) is 47.6 Å². The van der Waals surface area contributed by atoms with Gasteiger partial charge in [0.15, 0.2) is 0 Å². The van der Waals surface area contributed by atoms with Crippen molar-refractivity contribution in [3.63, 3.8) is 0 Å². The average Bonchev–Trinajstić information content (AvgIpc) is 1.88. The van der Waals surface area contributed by atoms with Gasteiger partial charge >= 0.3 is 0 Å². The fourth-order valence-corrected chi connectivity index (χ4v) is 0.540. The molecular formula is C7H14N2O. The van der Waals surface area contributed by atoms with E-state index < -0.39 is 0 Å². The van der Waals surface area contributed by atoms with Gasteiger partial charge in [0, 0.05) is 7.05 Å². The first-order valence-electron chi connectivity index (χ1n) is 3.27. The highest BCUT2D eigenvalue weighted by molar-refractivity contribution is 5.72. The SMILES string of the molecule is CC/C=C(\C)O/C(N)=N\C. The molecule has 0 unspecified atom stereocenters. The van der Waals surface area contributed by atoms with E-state index in [0.29, 0.717) is 0 Å². The third-order valence-electron chi connectivity index (χ3n) is 0.978. The van der Waals surface area contributed by atoms with E-state index in [0.717, 1.165) is 12.2 Å². The standard InChI is InChI=1S/C7H14N2O/c1-4-5-6(2)10-7(8)9-3/h5H,4H2,1-3H3,(H2,8,9)/b6-5+. The average molecular weight is 142 g/mol. The van der Waals surface area contributed by atoms with Gasteiger partial charge in [0.1, 0.15) is 5.76 Å². The summed E-state index contributed by atoms with van der Waals surface area (Å²) >= 11 is 0. The summed E-state index contributed by atoms with van der Waals surface area (Å²) in [4.78, 5) is 3.64. The molecule has 0 aromatic heterocycles. The Morgan fingerprint density at radius 2 is 2.30 bits per heavy atom. The summed E-state index contributed by atoms with van der Waals surface area (Å²) in [5, 5.41) is 0. The van der Waals surface area contributed by atoms with Crippen LogP contribution in [0.4, 0.5) is 0 Å². The molecule has 10 heavy (non-hydrogen) atoms. The third kappa shape index (κ3) is 3.95. The van der Waals surface area contributed by atoms with E-state index in [-0.39, 0.29) is 6.02 Å². The van der Waals surface area contributed by atoms with Crippen molar-refractivity contribution in [2.24, 2.45) is 10.7 Å². The van der Waals surface area contributed by atoms with Gasteiger partial charge in [-0.1, -0.05) is 6.92 Å². The predicted octanol–water partition coefficient (Wildman–Crippen LogP) is 1.26. The molecule has 0 aliphatic rings. The first-order chi connectivity index (χ1) is 4.70. The molecule has 0 aromatic rings. The molecule has 0 radical (unpaired) electrons. The fourth-order valence-electron chi connectivity index (χ4n) is 0.540. The summed E-state index contributed by atoms with van der Waals surface area (Å²) in [7, 11) is 1.59. The molecule has 0 rings (SSSR count). The van der Waals surface area contributed by atoms with Crippen LogP contribution in [-0.4, -0.2) is 13.1 Å². The van der Waals surface area contributed by atoms with E-state index >= 15 is 0 Å². The molecule has 0 aliphatic heterocycles. The van der Waals surface area contributed by atoms with Crippen molar-refractivity contribution in [3.8, 4) is 0 Å². The van der Waals surface area contributed by atoms with Crippen LogP contribution >= 0.6 is 0 Å². The second-order valence-corrected chi connectivity index (χ2v) is 1.89. The number of hydrogen-bond acceptors (Lipinski definition) is 2. The number of rotatable bonds is 2. The Labute approximate surface area is 61.6 Å². The van der Waals surface area contributed by atoms with E-state index in [1.165, 1.54) is 0 Å². The summed E-state index contributed by atoms with van der Waals surface area (Å²) in [5.74, 6) is 0.797. The predicted molar refractivity (Wildman–Crippen MR) is 42.7 cm³/mol. The Morgan fingerprint density at radius 3 is 2.70 bits per heavy atom. The molecule has 0 aliphatic carbocycles. The van der Waals surface area contributed by atoms with E-state index in [1.54, 1.807) is 7.05 Å². The van der Waals surface area contributed by atoms with Crippen LogP contribution in [0.15, 0.2) is 16.8 Å². The Morgan fingerprint density at radius 1 is 1.70 bits per heavy atom. The van der Waals surface area contributed by atoms with Crippen LogP contribution in [0, 0.1) is 0 Å². The van der Waals surface area contributed by atoms with Gasteiger partial charge < -0.3 is 10.5 Å². The molecule has 0 spiro atoms. The zero-order chi connectivity index (χ0) is 7.98. The second kappa shape index (κ2) is 4.85. The highest BCUT2D eigenvalue weighted by atomic mass is 16.5. The Balaban J connectivity index is 3.79. The summed E-state index contributed by atoms with van der Waals surface area (Å²) in [5.41, 5.74) is 5.29. The molecule has 3 nitrogen and oxygen atoms in total. The summed E-state index contributed by atoms with van der Waals surface area (Å²) in [6, 6.07) is 0.210. The zero-order valence-electron chi connectivity index (χ0n) is 6.72. The van der Waals surface area contributed by atoms with Crippen LogP contribution in [-0.2, 0) is 4.74 Å². The van der Waals surface area contributed by atoms with Gasteiger partial charge in [-0.3, -0.25) is 0 Å². The normalized spacial score (nSPS) is 13.5. The maximum atomic E-state index is 5.29. The number of allylic oxidation sites excluding steroid dienone is 2. The monoisotopic (exact) mass is 142 g/mol. The number of nitrogens with two attached hydrogens (primary N) is 1. The molecule has 0 aromatic carbocycles. The van der Waals surface area contributed by atoms with Crippen LogP contribution in [0.3, 0.4) is 0 Å². The van der Waals surface area contributed by atoms with E-state index in [4.69, 9.17) is 10.5 Å². The van der Waals surface area contributed by atoms with Crippen LogP contribution < -0.4 is 5.73 Å². The Bertz CT molecular complexity index is 150. The van der Waals surface area contributed by atoms with Crippen LogP contribution in [0.5, 0.6) is 0 Å². The Kier molecular flexibility index (Phi) is 4.37. The van der Waals surface area contributed by atoms with E-state index in [9.17, 15) is 0 Å². The third-order valence-corrected chi connectivity index (χ3v) is 0.978. The fraction of sp³-hybridized carbons (Fsp3) is 0.571. The summed E-state index contributed by atoms with van der Waals surface area (Å²) in [6.45, 7) is 3.88. The number of nitrogens with zero attached hydrogens (tertiary/aromatic N) is 1. The zero-order valence-corrected chi connectivity index (χ0v) is 6.72. The highest BCUT2D eigenvalue weighted by Gasteiger charge is 1.90. The number of amidine groups is 1.